The number of amides is 1. The first-order valence-electron chi connectivity index (χ1n) is 10.8. The van der Waals surface area contributed by atoms with Crippen LogP contribution in [0, 0.1) is 0 Å². The van der Waals surface area contributed by atoms with Crippen molar-refractivity contribution in [3.8, 4) is 11.6 Å². The number of nitrogens with zero attached hydrogens (tertiary/aromatic N) is 4. The Morgan fingerprint density at radius 2 is 1.63 bits per heavy atom. The van der Waals surface area contributed by atoms with Crippen molar-refractivity contribution >= 4 is 57.5 Å². The van der Waals surface area contributed by atoms with Gasteiger partial charge in [0.15, 0.2) is 11.4 Å². The van der Waals surface area contributed by atoms with Crippen molar-refractivity contribution in [2.45, 2.75) is 9.79 Å². The van der Waals surface area contributed by atoms with Gasteiger partial charge in [-0.2, -0.15) is 24.2 Å². The van der Waals surface area contributed by atoms with Crippen LogP contribution in [0.5, 0.6) is 5.88 Å². The van der Waals surface area contributed by atoms with Crippen LogP contribution in [0.4, 0.5) is 5.69 Å². The van der Waals surface area contributed by atoms with Crippen LogP contribution in [0.2, 0.25) is 0 Å². The van der Waals surface area contributed by atoms with Gasteiger partial charge >= 0.3 is 11.9 Å². The van der Waals surface area contributed by atoms with Gasteiger partial charge in [-0.3, -0.25) is 9.83 Å². The van der Waals surface area contributed by atoms with Crippen LogP contribution in [0.25, 0.3) is 11.8 Å². The van der Waals surface area contributed by atoms with Gasteiger partial charge in [0.1, 0.15) is 10.1 Å². The van der Waals surface area contributed by atoms with Gasteiger partial charge in [0.25, 0.3) is 5.91 Å². The fourth-order valence-corrected chi connectivity index (χ4v) is 4.32. The first kappa shape index (κ1) is 29.1. The van der Waals surface area contributed by atoms with Crippen LogP contribution < -0.4 is 10.3 Å². The van der Waals surface area contributed by atoms with Crippen molar-refractivity contribution in [2.75, 3.05) is 5.01 Å². The summed E-state index contributed by atoms with van der Waals surface area (Å²) in [6, 6.07) is 9.85. The van der Waals surface area contributed by atoms with E-state index >= 15 is 0 Å². The topological polar surface area (TPSA) is 244 Å². The lowest BCUT2D eigenvalue weighted by Crippen LogP contribution is -2.22. The highest BCUT2D eigenvalue weighted by molar-refractivity contribution is 7.94. The third-order valence-electron chi connectivity index (χ3n) is 5.31. The predicted octanol–water partition coefficient (Wildman–Crippen LogP) is 0.838. The molecule has 0 unspecified atom stereocenters. The molecule has 1 aliphatic rings. The fourth-order valence-electron chi connectivity index (χ4n) is 3.50. The number of carboxylic acids is 2. The van der Waals surface area contributed by atoms with E-state index in [0.717, 1.165) is 52.2 Å². The Hall–Kier alpha value is -4.85. The van der Waals surface area contributed by atoms with Crippen molar-refractivity contribution in [2.24, 2.45) is 5.10 Å². The average Bonchev–Trinajstić information content (AvgIpc) is 3.44. The number of anilines is 1. The van der Waals surface area contributed by atoms with Crippen LogP contribution in [-0.2, 0) is 29.1 Å². The predicted molar refractivity (Wildman–Crippen MR) is 134 cm³/mol. The number of aromatic hydroxyl groups is 1. The summed E-state index contributed by atoms with van der Waals surface area (Å²) in [6.07, 6.45) is 3.22. The van der Waals surface area contributed by atoms with E-state index in [-0.39, 0.29) is 22.5 Å². The Morgan fingerprint density at radius 1 is 1.00 bits per heavy atom. The van der Waals surface area contributed by atoms with Gasteiger partial charge in [-0.15, -0.1) is 0 Å². The zero-order valence-corrected chi connectivity index (χ0v) is 21.6. The molecule has 2 heterocycles. The molecular formula is C23H14N4O12S2-2. The maximum Gasteiger partial charge on any atom is 0.357 e. The molecule has 18 heteroatoms. The summed E-state index contributed by atoms with van der Waals surface area (Å²) < 4.78 is 38.4. The highest BCUT2D eigenvalue weighted by Crippen LogP contribution is 2.29. The monoisotopic (exact) mass is 602 g/mol. The Morgan fingerprint density at radius 3 is 2.20 bits per heavy atom. The molecule has 16 nitrogen and oxygen atoms in total. The van der Waals surface area contributed by atoms with Gasteiger partial charge in [-0.25, -0.2) is 18.0 Å². The number of allylic oxidation sites excluding steroid dienone is 2. The Labute approximate surface area is 233 Å². The molecule has 0 bridgehead atoms. The molecule has 3 aromatic rings. The molecule has 0 aliphatic carbocycles. The lowest BCUT2D eigenvalue weighted by atomic mass is 10.1. The zero-order chi connectivity index (χ0) is 29.9. The smallest absolute Gasteiger partial charge is 0.357 e. The SMILES string of the molecule is O=C(O)C1=NN(c2ccc(SOO[O-])cc2)C(=O)/C1=C/C=C/c1c(C(=O)O)nn(-c2ccc(S(=O)(=O)[O-])cc2)c1O. The molecule has 212 valence electrons. The number of hydrogen-bond acceptors (Lipinski definition) is 13. The quantitative estimate of drug-likeness (QED) is 0.0957. The minimum atomic E-state index is -4.75. The Kier molecular flexibility index (Phi) is 8.33. The Bertz CT molecular complexity index is 1730. The van der Waals surface area contributed by atoms with Gasteiger partial charge in [0, 0.05) is 4.90 Å². The maximum absolute atomic E-state index is 13.0. The number of carboxylic acid groups (broad SMARTS) is 2. The van der Waals surface area contributed by atoms with E-state index in [1.807, 2.05) is 0 Å². The molecule has 1 amide bonds. The highest BCUT2D eigenvalue weighted by Gasteiger charge is 2.34. The summed E-state index contributed by atoms with van der Waals surface area (Å²) in [7, 11) is -4.75. The van der Waals surface area contributed by atoms with E-state index in [9.17, 15) is 47.9 Å². The minimum absolute atomic E-state index is 0.0221. The van der Waals surface area contributed by atoms with Gasteiger partial charge < -0.3 is 25.1 Å². The lowest BCUT2D eigenvalue weighted by molar-refractivity contribution is -0.777. The number of carbonyl (C=O) groups excluding carboxylic acids is 1. The van der Waals surface area contributed by atoms with Gasteiger partial charge in [-0.05, 0) is 60.7 Å². The summed E-state index contributed by atoms with van der Waals surface area (Å²) in [5.74, 6) is -4.60. The first-order valence-corrected chi connectivity index (χ1v) is 13.0. The molecule has 0 saturated heterocycles. The van der Waals surface area contributed by atoms with E-state index < -0.39 is 50.1 Å². The number of rotatable bonds is 10. The summed E-state index contributed by atoms with van der Waals surface area (Å²) >= 11 is 0.599. The van der Waals surface area contributed by atoms with Gasteiger partial charge in [-0.1, -0.05) is 6.08 Å². The van der Waals surface area contributed by atoms with E-state index in [4.69, 9.17) is 0 Å². The molecule has 1 aliphatic heterocycles. The van der Waals surface area contributed by atoms with Crippen LogP contribution in [0.1, 0.15) is 16.1 Å². The molecular weight excluding hydrogens is 588 g/mol. The Balaban J connectivity index is 1.65. The second-order valence-corrected chi connectivity index (χ2v) is 9.93. The van der Waals surface area contributed by atoms with Crippen LogP contribution in [-0.4, -0.2) is 61.6 Å². The maximum atomic E-state index is 13.0. The number of aromatic carboxylic acids is 1. The molecule has 3 N–H and O–H groups in total. The fraction of sp³-hybridized carbons (Fsp3) is 0. The summed E-state index contributed by atoms with van der Waals surface area (Å²) in [6.45, 7) is 0. The van der Waals surface area contributed by atoms with Crippen molar-refractivity contribution in [1.82, 2.24) is 9.78 Å². The average molecular weight is 603 g/mol. The molecule has 2 aromatic carbocycles. The van der Waals surface area contributed by atoms with Crippen LogP contribution in [0.3, 0.4) is 0 Å². The van der Waals surface area contributed by atoms with Crippen molar-refractivity contribution < 1.29 is 57.3 Å². The number of aliphatic carboxylic acids is 1. The molecule has 0 radical (unpaired) electrons. The van der Waals surface area contributed by atoms with Crippen molar-refractivity contribution in [3.63, 3.8) is 0 Å². The number of aromatic nitrogens is 2. The number of hydrazone groups is 1. The minimum Gasteiger partial charge on any atom is -0.744 e. The highest BCUT2D eigenvalue weighted by atomic mass is 32.2. The second-order valence-electron chi connectivity index (χ2n) is 7.77. The number of hydrogen-bond donors (Lipinski definition) is 3. The van der Waals surface area contributed by atoms with Gasteiger partial charge in [0.2, 0.25) is 5.88 Å². The molecule has 0 saturated carbocycles. The van der Waals surface area contributed by atoms with E-state index in [1.165, 1.54) is 24.3 Å². The molecule has 0 spiro atoms. The van der Waals surface area contributed by atoms with Crippen molar-refractivity contribution in [3.05, 3.63) is 77.5 Å². The van der Waals surface area contributed by atoms with Crippen LogP contribution >= 0.6 is 12.0 Å². The number of carbonyl (C=O) groups is 3. The summed E-state index contributed by atoms with van der Waals surface area (Å²) in [5, 5.41) is 51.4. The van der Waals surface area contributed by atoms with E-state index in [1.54, 1.807) is 0 Å². The largest absolute Gasteiger partial charge is 0.744 e. The molecule has 0 atom stereocenters. The molecule has 41 heavy (non-hydrogen) atoms. The second kappa shape index (κ2) is 11.7. The molecule has 0 fully saturated rings. The van der Waals surface area contributed by atoms with Gasteiger partial charge in [0.05, 0.1) is 39.4 Å². The molecule has 4 rings (SSSR count). The molecule has 1 aromatic heterocycles. The summed E-state index contributed by atoms with van der Waals surface area (Å²) in [4.78, 5) is 36.4. The third kappa shape index (κ3) is 6.17. The summed E-state index contributed by atoms with van der Waals surface area (Å²) in [5.41, 5.74) is -1.75. The van der Waals surface area contributed by atoms with Crippen LogP contribution in [0.15, 0.2) is 81.1 Å². The standard InChI is InChI=1S/C23H16N4O12S2/c28-20-16(18(22(30)31)24-26(20)12-4-8-14(9-5-12)40-39-38-34)2-1-3-17-19(23(32)33)25-27(21(17)29)13-6-10-15(11-7-13)41(35,36)37/h1-11,29,34H,(H,30,31)(H,32,33)(H,35,36,37)/p-2/b3-1+,16-2+. The van der Waals surface area contributed by atoms with Crippen molar-refractivity contribution in [1.29, 1.82) is 0 Å². The lowest BCUT2D eigenvalue weighted by Gasteiger charge is -2.12. The first-order chi connectivity index (χ1) is 19.4. The normalized spacial score (nSPS) is 14.7. The van der Waals surface area contributed by atoms with E-state index in [0.29, 0.717) is 16.9 Å². The zero-order valence-electron chi connectivity index (χ0n) is 20.0. The third-order valence-corrected chi connectivity index (χ3v) is 6.75. The number of benzene rings is 2. The van der Waals surface area contributed by atoms with E-state index in [2.05, 4.69) is 19.6 Å².